The number of amides is 4. The predicted molar refractivity (Wildman–Crippen MR) is 120 cm³/mol. The van der Waals surface area contributed by atoms with E-state index >= 15 is 0 Å². The highest BCUT2D eigenvalue weighted by atomic mass is 16.4. The van der Waals surface area contributed by atoms with Gasteiger partial charge in [-0.05, 0) is 30.5 Å². The van der Waals surface area contributed by atoms with Gasteiger partial charge in [0, 0.05) is 19.3 Å². The Labute approximate surface area is 200 Å². The van der Waals surface area contributed by atoms with Crippen LogP contribution in [0.2, 0.25) is 0 Å². The van der Waals surface area contributed by atoms with Gasteiger partial charge >= 0.3 is 11.9 Å². The number of nitrogens with two attached hydrogens (primary N) is 2. The maximum atomic E-state index is 12.8. The second-order valence-electron chi connectivity index (χ2n) is 7.59. The zero-order chi connectivity index (χ0) is 26.5. The monoisotopic (exact) mass is 495 g/mol. The number of hydrogen-bond acceptors (Lipinski definition) is 8. The van der Waals surface area contributed by atoms with Crippen LogP contribution >= 0.6 is 0 Å². The Balaban J connectivity index is 3.02. The molecule has 0 aliphatic carbocycles. The first kappa shape index (κ1) is 28.8. The van der Waals surface area contributed by atoms with Crippen molar-refractivity contribution in [2.45, 2.75) is 50.2 Å². The molecule has 0 bridgehead atoms. The number of carboxylic acids is 2. The van der Waals surface area contributed by atoms with Gasteiger partial charge in [-0.25, -0.2) is 4.79 Å². The molecule has 0 spiro atoms. The summed E-state index contributed by atoms with van der Waals surface area (Å²) in [6, 6.07) is 1.41. The lowest BCUT2D eigenvalue weighted by atomic mass is 10.0. The lowest BCUT2D eigenvalue weighted by Crippen LogP contribution is -2.56. The standard InChI is InChI=1S/C21H29N5O9/c22-10-17(29)24-13(5-7-16(23)28)19(32)25-14(6-8-18(30)31)20(33)26-15(21(34)35)9-11-1-3-12(27)4-2-11/h1-4,13-15,27H,5-10,22H2,(H2,23,28)(H,24,29)(H,25,32)(H,26,33)(H,30,31)(H,34,35). The molecule has 1 aromatic rings. The van der Waals surface area contributed by atoms with Crippen LogP contribution in [0.4, 0.5) is 0 Å². The summed E-state index contributed by atoms with van der Waals surface area (Å²) in [5, 5.41) is 34.7. The highest BCUT2D eigenvalue weighted by Gasteiger charge is 2.30. The van der Waals surface area contributed by atoms with Gasteiger partial charge in [0.2, 0.25) is 23.6 Å². The Morgan fingerprint density at radius 1 is 0.800 bits per heavy atom. The molecule has 3 unspecified atom stereocenters. The molecule has 0 fully saturated rings. The maximum absolute atomic E-state index is 12.8. The normalized spacial score (nSPS) is 13.1. The van der Waals surface area contributed by atoms with Crippen LogP contribution in [0.5, 0.6) is 5.75 Å². The molecule has 0 radical (unpaired) electrons. The molecule has 10 N–H and O–H groups in total. The van der Waals surface area contributed by atoms with E-state index in [4.69, 9.17) is 16.6 Å². The summed E-state index contributed by atoms with van der Waals surface area (Å²) in [5.74, 6) is -6.03. The van der Waals surface area contributed by atoms with Crippen LogP contribution in [0.15, 0.2) is 24.3 Å². The van der Waals surface area contributed by atoms with Crippen molar-refractivity contribution in [3.05, 3.63) is 29.8 Å². The third kappa shape index (κ3) is 11.0. The lowest BCUT2D eigenvalue weighted by molar-refractivity contribution is -0.143. The van der Waals surface area contributed by atoms with Crippen molar-refractivity contribution in [2.75, 3.05) is 6.54 Å². The Morgan fingerprint density at radius 3 is 1.80 bits per heavy atom. The zero-order valence-corrected chi connectivity index (χ0v) is 18.7. The number of benzene rings is 1. The van der Waals surface area contributed by atoms with Crippen LogP contribution in [0.3, 0.4) is 0 Å². The number of carboxylic acid groups (broad SMARTS) is 2. The summed E-state index contributed by atoms with van der Waals surface area (Å²) < 4.78 is 0. The fourth-order valence-electron chi connectivity index (χ4n) is 2.96. The number of carbonyl (C=O) groups is 6. The Morgan fingerprint density at radius 2 is 1.31 bits per heavy atom. The van der Waals surface area contributed by atoms with Crippen LogP contribution in [0.25, 0.3) is 0 Å². The first-order chi connectivity index (χ1) is 16.4. The molecular formula is C21H29N5O9. The van der Waals surface area contributed by atoms with E-state index in [9.17, 15) is 39.0 Å². The molecule has 0 aromatic heterocycles. The molecule has 3 atom stereocenters. The van der Waals surface area contributed by atoms with Crippen molar-refractivity contribution < 1.29 is 44.1 Å². The maximum Gasteiger partial charge on any atom is 0.326 e. The highest BCUT2D eigenvalue weighted by molar-refractivity contribution is 5.94. The summed E-state index contributed by atoms with van der Waals surface area (Å²) in [4.78, 5) is 71.0. The van der Waals surface area contributed by atoms with Gasteiger partial charge in [0.25, 0.3) is 0 Å². The average molecular weight is 495 g/mol. The summed E-state index contributed by atoms with van der Waals surface area (Å²) in [6.07, 6.45) is -1.56. The van der Waals surface area contributed by atoms with Gasteiger partial charge in [0.05, 0.1) is 6.54 Å². The number of rotatable bonds is 15. The minimum absolute atomic E-state index is 0.0336. The predicted octanol–water partition coefficient (Wildman–Crippen LogP) is -2.44. The number of phenols is 1. The third-order valence-electron chi connectivity index (χ3n) is 4.79. The number of phenolic OH excluding ortho intramolecular Hbond substituents is 1. The van der Waals surface area contributed by atoms with Crippen molar-refractivity contribution in [3.8, 4) is 5.75 Å². The zero-order valence-electron chi connectivity index (χ0n) is 18.7. The van der Waals surface area contributed by atoms with E-state index in [0.717, 1.165) is 0 Å². The fourth-order valence-corrected chi connectivity index (χ4v) is 2.96. The molecule has 192 valence electrons. The van der Waals surface area contributed by atoms with E-state index in [-0.39, 0.29) is 31.4 Å². The molecule has 14 nitrogen and oxygen atoms in total. The quantitative estimate of drug-likeness (QED) is 0.128. The Kier molecular flexibility index (Phi) is 11.7. The second kappa shape index (κ2) is 14.1. The van der Waals surface area contributed by atoms with E-state index in [1.165, 1.54) is 24.3 Å². The second-order valence-corrected chi connectivity index (χ2v) is 7.59. The van der Waals surface area contributed by atoms with Crippen molar-refractivity contribution >= 4 is 35.6 Å². The van der Waals surface area contributed by atoms with E-state index in [0.29, 0.717) is 5.56 Å². The average Bonchev–Trinajstić information content (AvgIpc) is 2.79. The van der Waals surface area contributed by atoms with Gasteiger partial charge < -0.3 is 42.7 Å². The first-order valence-corrected chi connectivity index (χ1v) is 10.5. The number of aliphatic carboxylic acids is 2. The third-order valence-corrected chi connectivity index (χ3v) is 4.79. The van der Waals surface area contributed by atoms with Crippen LogP contribution in [-0.4, -0.2) is 75.6 Å². The van der Waals surface area contributed by atoms with Crippen LogP contribution < -0.4 is 27.4 Å². The van der Waals surface area contributed by atoms with Gasteiger partial charge in [0.1, 0.15) is 23.9 Å². The number of carbonyl (C=O) groups excluding carboxylic acids is 4. The fraction of sp³-hybridized carbons (Fsp3) is 0.429. The molecule has 0 saturated carbocycles. The molecule has 1 aromatic carbocycles. The number of aromatic hydroxyl groups is 1. The van der Waals surface area contributed by atoms with Crippen LogP contribution in [0.1, 0.15) is 31.2 Å². The SMILES string of the molecule is NCC(=O)NC(CCC(N)=O)C(=O)NC(CCC(=O)O)C(=O)NC(Cc1ccc(O)cc1)C(=O)O. The molecule has 0 aliphatic rings. The van der Waals surface area contributed by atoms with Gasteiger partial charge in [-0.1, -0.05) is 12.1 Å². The molecule has 4 amide bonds. The molecule has 14 heteroatoms. The molecular weight excluding hydrogens is 466 g/mol. The molecule has 35 heavy (non-hydrogen) atoms. The van der Waals surface area contributed by atoms with Crippen molar-refractivity contribution in [1.82, 2.24) is 16.0 Å². The van der Waals surface area contributed by atoms with Crippen LogP contribution in [-0.2, 0) is 35.2 Å². The molecule has 0 heterocycles. The molecule has 0 aliphatic heterocycles. The minimum atomic E-state index is -1.47. The molecule has 1 rings (SSSR count). The van der Waals surface area contributed by atoms with E-state index in [1.807, 2.05) is 0 Å². The van der Waals surface area contributed by atoms with Gasteiger partial charge in [-0.3, -0.25) is 24.0 Å². The topological polar surface area (TPSA) is 251 Å². The van der Waals surface area contributed by atoms with Crippen molar-refractivity contribution in [2.24, 2.45) is 11.5 Å². The van der Waals surface area contributed by atoms with Gasteiger partial charge in [-0.2, -0.15) is 0 Å². The van der Waals surface area contributed by atoms with E-state index in [1.54, 1.807) is 0 Å². The van der Waals surface area contributed by atoms with Gasteiger partial charge in [0.15, 0.2) is 0 Å². The Bertz CT molecular complexity index is 936. The van der Waals surface area contributed by atoms with Crippen molar-refractivity contribution in [1.29, 1.82) is 0 Å². The first-order valence-electron chi connectivity index (χ1n) is 10.5. The largest absolute Gasteiger partial charge is 0.508 e. The number of primary amides is 1. The number of hydrogen-bond donors (Lipinski definition) is 8. The summed E-state index contributed by atoms with van der Waals surface area (Å²) in [6.45, 7) is -0.458. The summed E-state index contributed by atoms with van der Waals surface area (Å²) >= 11 is 0. The number of nitrogens with one attached hydrogen (secondary N) is 3. The van der Waals surface area contributed by atoms with Crippen LogP contribution in [0, 0.1) is 0 Å². The summed E-state index contributed by atoms with van der Waals surface area (Å²) in [7, 11) is 0. The summed E-state index contributed by atoms with van der Waals surface area (Å²) in [5.41, 5.74) is 10.8. The van der Waals surface area contributed by atoms with Gasteiger partial charge in [-0.15, -0.1) is 0 Å². The smallest absolute Gasteiger partial charge is 0.326 e. The molecule has 0 saturated heterocycles. The van der Waals surface area contributed by atoms with Crippen molar-refractivity contribution in [3.63, 3.8) is 0 Å². The minimum Gasteiger partial charge on any atom is -0.508 e. The highest BCUT2D eigenvalue weighted by Crippen LogP contribution is 2.12. The lowest BCUT2D eigenvalue weighted by Gasteiger charge is -2.24. The van der Waals surface area contributed by atoms with E-state index in [2.05, 4.69) is 16.0 Å². The Hall–Kier alpha value is -4.20. The van der Waals surface area contributed by atoms with E-state index < -0.39 is 66.7 Å².